The molecule has 2 amide bonds. The summed E-state index contributed by atoms with van der Waals surface area (Å²) in [7, 11) is 1.60. The van der Waals surface area contributed by atoms with Crippen LogP contribution < -0.4 is 10.1 Å². The van der Waals surface area contributed by atoms with Gasteiger partial charge in [0.1, 0.15) is 17.6 Å². The second-order valence-corrected chi connectivity index (χ2v) is 9.00. The maximum Gasteiger partial charge on any atom is 0.242 e. The van der Waals surface area contributed by atoms with Gasteiger partial charge in [0.2, 0.25) is 11.8 Å². The second-order valence-electron chi connectivity index (χ2n) is 8.02. The summed E-state index contributed by atoms with van der Waals surface area (Å²) in [5.74, 6) is 1.04. The van der Waals surface area contributed by atoms with Crippen LogP contribution in [0.3, 0.4) is 0 Å². The zero-order valence-corrected chi connectivity index (χ0v) is 20.1. The molecule has 5 nitrogen and oxygen atoms in total. The van der Waals surface area contributed by atoms with E-state index in [1.807, 2.05) is 45.0 Å². The number of nitrogens with zero attached hydrogens (tertiary/aromatic N) is 1. The topological polar surface area (TPSA) is 58.6 Å². The minimum Gasteiger partial charge on any atom is -0.497 e. The number of hydrogen-bond acceptors (Lipinski definition) is 4. The van der Waals surface area contributed by atoms with Crippen LogP contribution in [0.2, 0.25) is 0 Å². The predicted molar refractivity (Wildman–Crippen MR) is 128 cm³/mol. The second kappa shape index (κ2) is 13.1. The number of methoxy groups -OCH3 is 1. The molecule has 0 aliphatic carbocycles. The lowest BCUT2D eigenvalue weighted by Crippen LogP contribution is -2.50. The van der Waals surface area contributed by atoms with E-state index in [9.17, 15) is 14.0 Å². The lowest BCUT2D eigenvalue weighted by molar-refractivity contribution is -0.139. The van der Waals surface area contributed by atoms with Crippen molar-refractivity contribution in [1.29, 1.82) is 0 Å². The maximum atomic E-state index is 13.9. The van der Waals surface area contributed by atoms with E-state index in [-0.39, 0.29) is 23.4 Å². The third-order valence-corrected chi connectivity index (χ3v) is 5.99. The Morgan fingerprint density at radius 1 is 1.12 bits per heavy atom. The first-order valence-electron chi connectivity index (χ1n) is 10.9. The molecular formula is C25H33FN2O3S. The van der Waals surface area contributed by atoms with Gasteiger partial charge < -0.3 is 15.0 Å². The van der Waals surface area contributed by atoms with Crippen molar-refractivity contribution < 1.29 is 18.7 Å². The monoisotopic (exact) mass is 460 g/mol. The largest absolute Gasteiger partial charge is 0.497 e. The summed E-state index contributed by atoms with van der Waals surface area (Å²) in [5, 5.41) is 2.95. The summed E-state index contributed by atoms with van der Waals surface area (Å²) in [6, 6.07) is 13.5. The number of hydrogen-bond donors (Lipinski definition) is 1. The van der Waals surface area contributed by atoms with Crippen molar-refractivity contribution in [3.05, 3.63) is 65.5 Å². The fourth-order valence-corrected chi connectivity index (χ4v) is 4.11. The molecule has 174 valence electrons. The van der Waals surface area contributed by atoms with Crippen LogP contribution in [0, 0.1) is 11.7 Å². The Balaban J connectivity index is 2.13. The Hall–Kier alpha value is -2.54. The molecule has 0 spiro atoms. The van der Waals surface area contributed by atoms with E-state index < -0.39 is 6.04 Å². The van der Waals surface area contributed by atoms with Gasteiger partial charge in [0, 0.05) is 18.8 Å². The predicted octanol–water partition coefficient (Wildman–Crippen LogP) is 4.65. The van der Waals surface area contributed by atoms with Gasteiger partial charge in [-0.15, -0.1) is 11.8 Å². The molecule has 0 saturated carbocycles. The number of benzene rings is 2. The number of ether oxygens (including phenoxy) is 1. The highest BCUT2D eigenvalue weighted by Crippen LogP contribution is 2.20. The molecule has 0 aliphatic rings. The summed E-state index contributed by atoms with van der Waals surface area (Å²) < 4.78 is 19.1. The number of amides is 2. The lowest BCUT2D eigenvalue weighted by Gasteiger charge is -2.31. The van der Waals surface area contributed by atoms with Gasteiger partial charge in [-0.3, -0.25) is 9.59 Å². The highest BCUT2D eigenvalue weighted by atomic mass is 32.2. The molecule has 0 aromatic heterocycles. The Morgan fingerprint density at radius 2 is 1.81 bits per heavy atom. The van der Waals surface area contributed by atoms with Crippen LogP contribution in [0.1, 0.15) is 38.3 Å². The van der Waals surface area contributed by atoms with Crippen LogP contribution in [-0.4, -0.2) is 42.2 Å². The smallest absolute Gasteiger partial charge is 0.242 e. The molecule has 1 N–H and O–H groups in total. The van der Waals surface area contributed by atoms with Crippen LogP contribution in [0.25, 0.3) is 0 Å². The van der Waals surface area contributed by atoms with Crippen molar-refractivity contribution in [2.24, 2.45) is 5.92 Å². The quantitative estimate of drug-likeness (QED) is 0.501. The highest BCUT2D eigenvalue weighted by Gasteiger charge is 2.28. The fraction of sp³-hybridized carbons (Fsp3) is 0.440. The van der Waals surface area contributed by atoms with Gasteiger partial charge in [-0.1, -0.05) is 51.1 Å². The van der Waals surface area contributed by atoms with E-state index >= 15 is 0 Å². The van der Waals surface area contributed by atoms with E-state index in [1.165, 1.54) is 17.8 Å². The summed E-state index contributed by atoms with van der Waals surface area (Å²) in [6.45, 7) is 6.83. The third-order valence-electron chi connectivity index (χ3n) is 5.02. The lowest BCUT2D eigenvalue weighted by atomic mass is 10.1. The van der Waals surface area contributed by atoms with E-state index in [0.717, 1.165) is 11.3 Å². The number of thioether (sulfide) groups is 1. The summed E-state index contributed by atoms with van der Waals surface area (Å²) >= 11 is 1.35. The van der Waals surface area contributed by atoms with Crippen LogP contribution in [-0.2, 0) is 21.9 Å². The van der Waals surface area contributed by atoms with Crippen LogP contribution in [0.15, 0.2) is 48.5 Å². The molecule has 2 aromatic rings. The Bertz CT molecular complexity index is 874. The van der Waals surface area contributed by atoms with Crippen molar-refractivity contribution in [3.63, 3.8) is 0 Å². The average Bonchev–Trinajstić information content (AvgIpc) is 2.79. The Morgan fingerprint density at radius 3 is 2.41 bits per heavy atom. The molecular weight excluding hydrogens is 427 g/mol. The molecule has 0 radical (unpaired) electrons. The first kappa shape index (κ1) is 25.7. The highest BCUT2D eigenvalue weighted by molar-refractivity contribution is 7.99. The first-order chi connectivity index (χ1) is 15.3. The van der Waals surface area contributed by atoms with E-state index in [4.69, 9.17) is 4.74 Å². The molecule has 0 unspecified atom stereocenters. The molecule has 32 heavy (non-hydrogen) atoms. The van der Waals surface area contributed by atoms with Crippen LogP contribution >= 0.6 is 11.8 Å². The van der Waals surface area contributed by atoms with Gasteiger partial charge in [-0.2, -0.15) is 0 Å². The van der Waals surface area contributed by atoms with Crippen molar-refractivity contribution in [3.8, 4) is 5.75 Å². The van der Waals surface area contributed by atoms with Crippen molar-refractivity contribution in [2.45, 2.75) is 45.5 Å². The van der Waals surface area contributed by atoms with E-state index in [2.05, 4.69) is 5.32 Å². The summed E-state index contributed by atoms with van der Waals surface area (Å²) in [5.41, 5.74) is 1.47. The van der Waals surface area contributed by atoms with Crippen LogP contribution in [0.5, 0.6) is 5.75 Å². The number of carbonyl (C=O) groups excluding carboxylic acids is 2. The maximum absolute atomic E-state index is 13.9. The van der Waals surface area contributed by atoms with Gasteiger partial charge in [0.25, 0.3) is 0 Å². The van der Waals surface area contributed by atoms with Crippen molar-refractivity contribution in [2.75, 3.05) is 19.4 Å². The van der Waals surface area contributed by atoms with Crippen molar-refractivity contribution in [1.82, 2.24) is 10.2 Å². The zero-order valence-electron chi connectivity index (χ0n) is 19.3. The van der Waals surface area contributed by atoms with Gasteiger partial charge in [0.05, 0.1) is 12.9 Å². The molecule has 0 saturated heterocycles. The number of halogens is 1. The number of carbonyl (C=O) groups is 2. The summed E-state index contributed by atoms with van der Waals surface area (Å²) in [4.78, 5) is 27.7. The van der Waals surface area contributed by atoms with Gasteiger partial charge >= 0.3 is 0 Å². The van der Waals surface area contributed by atoms with Crippen LogP contribution in [0.4, 0.5) is 4.39 Å². The third kappa shape index (κ3) is 7.86. The molecule has 0 fully saturated rings. The minimum atomic E-state index is -0.572. The normalized spacial score (nSPS) is 11.8. The Kier molecular flexibility index (Phi) is 10.5. The standard InChI is InChI=1S/C25H33FN2O3S/c1-5-23(25(30)27-14-18(2)3)28(15-19-10-12-21(31-4)13-11-19)24(29)17-32-16-20-8-6-7-9-22(20)26/h6-13,18,23H,5,14-17H2,1-4H3,(H,27,30)/t23-/m1/s1. The number of rotatable bonds is 12. The first-order valence-corrected chi connectivity index (χ1v) is 12.0. The Labute approximate surface area is 194 Å². The van der Waals surface area contributed by atoms with Gasteiger partial charge in [0.15, 0.2) is 0 Å². The molecule has 2 rings (SSSR count). The minimum absolute atomic E-state index is 0.145. The van der Waals surface area contributed by atoms with Gasteiger partial charge in [-0.05, 0) is 41.7 Å². The molecule has 0 aliphatic heterocycles. The summed E-state index contributed by atoms with van der Waals surface area (Å²) in [6.07, 6.45) is 0.504. The SMILES string of the molecule is CC[C@H](C(=O)NCC(C)C)N(Cc1ccc(OC)cc1)C(=O)CSCc1ccccc1F. The average molecular weight is 461 g/mol. The van der Waals surface area contributed by atoms with E-state index in [0.29, 0.717) is 36.7 Å². The molecule has 0 heterocycles. The van der Waals surface area contributed by atoms with Crippen molar-refractivity contribution >= 4 is 23.6 Å². The van der Waals surface area contributed by atoms with Gasteiger partial charge in [-0.25, -0.2) is 4.39 Å². The molecule has 2 aromatic carbocycles. The van der Waals surface area contributed by atoms with E-state index in [1.54, 1.807) is 30.2 Å². The fourth-order valence-electron chi connectivity index (χ4n) is 3.22. The molecule has 1 atom stereocenters. The zero-order chi connectivity index (χ0) is 23.5. The molecule has 0 bridgehead atoms. The number of nitrogens with one attached hydrogen (secondary N) is 1. The molecule has 7 heteroatoms.